The van der Waals surface area contributed by atoms with Crippen LogP contribution >= 0.6 is 11.8 Å². The van der Waals surface area contributed by atoms with Crippen LogP contribution in [0.25, 0.3) is 0 Å². The van der Waals surface area contributed by atoms with Crippen LogP contribution < -0.4 is 61.8 Å². The van der Waals surface area contributed by atoms with Crippen molar-refractivity contribution in [3.63, 3.8) is 0 Å². The van der Waals surface area contributed by atoms with Crippen LogP contribution in [-0.2, 0) is 4.79 Å². The number of carboxylic acid groups (broad SMARTS) is 1. The Morgan fingerprint density at radius 3 is 2.22 bits per heavy atom. The third-order valence-electron chi connectivity index (χ3n) is 2.70. The molecule has 0 fully saturated rings. The van der Waals surface area contributed by atoms with Gasteiger partial charge < -0.3 is 15.2 Å². The largest absolute Gasteiger partial charge is 1.00 e. The molecule has 0 unspecified atom stereocenters. The fourth-order valence-corrected chi connectivity index (χ4v) is 2.52. The SMILES string of the molecule is Cc1cc(C)nc(SCC(=O)Nc2ccc(C(=O)[O-])cc2)n1.[K+]. The number of carbonyl (C=O) groups excluding carboxylic acids is 2. The van der Waals surface area contributed by atoms with Gasteiger partial charge in [0.05, 0.1) is 11.7 Å². The van der Waals surface area contributed by atoms with Gasteiger partial charge in [-0.2, -0.15) is 0 Å². The molecular weight excluding hydrogens is 341 g/mol. The van der Waals surface area contributed by atoms with Crippen molar-refractivity contribution in [2.45, 2.75) is 19.0 Å². The summed E-state index contributed by atoms with van der Waals surface area (Å²) in [5, 5.41) is 13.9. The molecule has 0 atom stereocenters. The van der Waals surface area contributed by atoms with Gasteiger partial charge in [0, 0.05) is 17.1 Å². The Kier molecular flexibility index (Phi) is 8.38. The van der Waals surface area contributed by atoms with Crippen LogP contribution in [0, 0.1) is 13.8 Å². The Bertz CT molecular complexity index is 687. The molecule has 1 amide bonds. The van der Waals surface area contributed by atoms with Gasteiger partial charge in [-0.05, 0) is 37.6 Å². The fourth-order valence-electron chi connectivity index (χ4n) is 1.77. The Hall–Kier alpha value is -0.774. The van der Waals surface area contributed by atoms with E-state index in [1.807, 2.05) is 19.9 Å². The molecule has 1 aromatic heterocycles. The summed E-state index contributed by atoms with van der Waals surface area (Å²) in [6.07, 6.45) is 0. The van der Waals surface area contributed by atoms with E-state index < -0.39 is 5.97 Å². The van der Waals surface area contributed by atoms with E-state index in [9.17, 15) is 14.7 Å². The van der Waals surface area contributed by atoms with Crippen molar-refractivity contribution in [2.24, 2.45) is 0 Å². The van der Waals surface area contributed by atoms with E-state index in [0.717, 1.165) is 11.4 Å². The first kappa shape index (κ1) is 20.3. The summed E-state index contributed by atoms with van der Waals surface area (Å²) in [7, 11) is 0. The van der Waals surface area contributed by atoms with Crippen molar-refractivity contribution in [2.75, 3.05) is 11.1 Å². The summed E-state index contributed by atoms with van der Waals surface area (Å²) < 4.78 is 0. The number of amides is 1. The molecule has 0 aliphatic heterocycles. The zero-order valence-corrected chi connectivity index (χ0v) is 17.1. The molecule has 1 aromatic carbocycles. The molecule has 2 aromatic rings. The summed E-state index contributed by atoms with van der Waals surface area (Å²) >= 11 is 1.25. The predicted octanol–water partition coefficient (Wildman–Crippen LogP) is -1.81. The molecule has 0 saturated heterocycles. The summed E-state index contributed by atoms with van der Waals surface area (Å²) in [6, 6.07) is 7.65. The molecule has 0 bridgehead atoms. The number of benzene rings is 1. The van der Waals surface area contributed by atoms with Crippen LogP contribution in [0.5, 0.6) is 0 Å². The number of aryl methyl sites for hydroxylation is 2. The number of carbonyl (C=O) groups is 2. The minimum absolute atomic E-state index is 0. The topological polar surface area (TPSA) is 95.0 Å². The molecule has 6 nitrogen and oxygen atoms in total. The van der Waals surface area contributed by atoms with Gasteiger partial charge in [-0.25, -0.2) is 9.97 Å². The molecule has 23 heavy (non-hydrogen) atoms. The van der Waals surface area contributed by atoms with Crippen LogP contribution in [0.1, 0.15) is 21.7 Å². The van der Waals surface area contributed by atoms with E-state index >= 15 is 0 Å². The average Bonchev–Trinajstić information content (AvgIpc) is 2.45. The van der Waals surface area contributed by atoms with Gasteiger partial charge >= 0.3 is 51.4 Å². The van der Waals surface area contributed by atoms with Crippen LogP contribution in [-0.4, -0.2) is 27.6 Å². The number of hydrogen-bond acceptors (Lipinski definition) is 6. The predicted molar refractivity (Wildman–Crippen MR) is 81.6 cm³/mol. The van der Waals surface area contributed by atoms with Crippen LogP contribution in [0.4, 0.5) is 5.69 Å². The van der Waals surface area contributed by atoms with Crippen molar-refractivity contribution < 1.29 is 66.1 Å². The Balaban J connectivity index is 0.00000264. The summed E-state index contributed by atoms with van der Waals surface area (Å²) in [5.41, 5.74) is 2.30. The zero-order chi connectivity index (χ0) is 16.1. The second-order valence-corrected chi connectivity index (χ2v) is 5.58. The molecule has 8 heteroatoms. The summed E-state index contributed by atoms with van der Waals surface area (Å²) in [5.74, 6) is -1.29. The number of thioether (sulfide) groups is 1. The molecule has 1 N–H and O–H groups in total. The van der Waals surface area contributed by atoms with E-state index in [1.54, 1.807) is 0 Å². The van der Waals surface area contributed by atoms with Crippen molar-refractivity contribution in [1.82, 2.24) is 9.97 Å². The van der Waals surface area contributed by atoms with E-state index in [0.29, 0.717) is 10.8 Å². The van der Waals surface area contributed by atoms with Crippen molar-refractivity contribution in [3.05, 3.63) is 47.3 Å². The van der Waals surface area contributed by atoms with Gasteiger partial charge in [0.15, 0.2) is 5.16 Å². The first-order chi connectivity index (χ1) is 10.4. The van der Waals surface area contributed by atoms with Crippen molar-refractivity contribution in [3.8, 4) is 0 Å². The quantitative estimate of drug-likeness (QED) is 0.386. The Morgan fingerprint density at radius 2 is 1.70 bits per heavy atom. The van der Waals surface area contributed by atoms with Crippen molar-refractivity contribution in [1.29, 1.82) is 0 Å². The smallest absolute Gasteiger partial charge is 0.545 e. The first-order valence-corrected chi connectivity index (χ1v) is 7.49. The number of hydrogen-bond donors (Lipinski definition) is 1. The first-order valence-electron chi connectivity index (χ1n) is 6.50. The maximum absolute atomic E-state index is 11.9. The molecule has 0 aliphatic rings. The molecule has 0 radical (unpaired) electrons. The minimum atomic E-state index is -1.25. The zero-order valence-electron chi connectivity index (χ0n) is 13.1. The van der Waals surface area contributed by atoms with E-state index in [1.165, 1.54) is 36.0 Å². The monoisotopic (exact) mass is 355 g/mol. The van der Waals surface area contributed by atoms with Crippen LogP contribution in [0.3, 0.4) is 0 Å². The Labute approximate surface area is 180 Å². The third-order valence-corrected chi connectivity index (χ3v) is 3.55. The number of nitrogens with zero attached hydrogens (tertiary/aromatic N) is 2. The molecular formula is C15H14KN3O3S. The average molecular weight is 355 g/mol. The van der Waals surface area contributed by atoms with Crippen LogP contribution in [0.2, 0.25) is 0 Å². The minimum Gasteiger partial charge on any atom is -0.545 e. The number of aromatic nitrogens is 2. The van der Waals surface area contributed by atoms with E-state index in [-0.39, 0.29) is 68.6 Å². The normalized spacial score (nSPS) is 9.83. The van der Waals surface area contributed by atoms with E-state index in [2.05, 4.69) is 15.3 Å². The second kappa shape index (κ2) is 9.50. The standard InChI is InChI=1S/C15H15N3O3S.K/c1-9-7-10(2)17-15(16-9)22-8-13(19)18-12-5-3-11(4-6-12)14(20)21;/h3-7H,8H2,1-2H3,(H,18,19)(H,20,21);/q;+1/p-1. The molecule has 0 aliphatic carbocycles. The fraction of sp³-hybridized carbons (Fsp3) is 0.200. The van der Waals surface area contributed by atoms with Gasteiger partial charge in [-0.1, -0.05) is 23.9 Å². The maximum Gasteiger partial charge on any atom is 1.00 e. The van der Waals surface area contributed by atoms with Gasteiger partial charge in [0.25, 0.3) is 0 Å². The number of nitrogens with one attached hydrogen (secondary N) is 1. The summed E-state index contributed by atoms with van der Waals surface area (Å²) in [4.78, 5) is 31.0. The van der Waals surface area contributed by atoms with Gasteiger partial charge in [-0.3, -0.25) is 4.79 Å². The molecule has 2 rings (SSSR count). The van der Waals surface area contributed by atoms with Crippen molar-refractivity contribution >= 4 is 29.3 Å². The maximum atomic E-state index is 11.9. The molecule has 1 heterocycles. The molecule has 0 spiro atoms. The van der Waals surface area contributed by atoms with Crippen LogP contribution in [0.15, 0.2) is 35.5 Å². The van der Waals surface area contributed by atoms with E-state index in [4.69, 9.17) is 0 Å². The molecule has 114 valence electrons. The summed E-state index contributed by atoms with van der Waals surface area (Å²) in [6.45, 7) is 3.75. The third kappa shape index (κ3) is 6.70. The number of carboxylic acids is 1. The molecule has 0 saturated carbocycles. The number of anilines is 1. The second-order valence-electron chi connectivity index (χ2n) is 4.63. The van der Waals surface area contributed by atoms with Gasteiger partial charge in [0.2, 0.25) is 5.91 Å². The Morgan fingerprint density at radius 1 is 1.13 bits per heavy atom. The van der Waals surface area contributed by atoms with Gasteiger partial charge in [-0.15, -0.1) is 0 Å². The van der Waals surface area contributed by atoms with Gasteiger partial charge in [0.1, 0.15) is 0 Å². The number of aromatic carboxylic acids is 1. The number of rotatable bonds is 5.